The van der Waals surface area contributed by atoms with Gasteiger partial charge in [0, 0.05) is 45.7 Å². The fraction of sp³-hybridized carbons (Fsp3) is 0.562. The Kier molecular flexibility index (Phi) is 4.85. The molecule has 1 aromatic carbocycles. The van der Waals surface area contributed by atoms with E-state index in [0.717, 1.165) is 11.3 Å². The summed E-state index contributed by atoms with van der Waals surface area (Å²) in [5.74, 6) is 0.289. The summed E-state index contributed by atoms with van der Waals surface area (Å²) in [6.45, 7) is 3.20. The second-order valence-corrected chi connectivity index (χ2v) is 5.30. The van der Waals surface area contributed by atoms with E-state index in [1.807, 2.05) is 30.0 Å². The van der Waals surface area contributed by atoms with Crippen LogP contribution in [0.25, 0.3) is 0 Å². The standard InChI is InChI=1S/C16H23NO4/c1-12-11-13(5-6-14(12)19-2)15(18)17-9-7-16(20-3,21-4)8-10-17/h5-6,11H,7-10H2,1-4H3. The Hall–Kier alpha value is -1.59. The normalized spacial score (nSPS) is 17.6. The molecular weight excluding hydrogens is 270 g/mol. The molecule has 2 rings (SSSR count). The monoisotopic (exact) mass is 293 g/mol. The van der Waals surface area contributed by atoms with Gasteiger partial charge in [0.1, 0.15) is 5.75 Å². The summed E-state index contributed by atoms with van der Waals surface area (Å²) in [4.78, 5) is 14.4. The first-order valence-corrected chi connectivity index (χ1v) is 7.09. The van der Waals surface area contributed by atoms with Gasteiger partial charge in [-0.15, -0.1) is 0 Å². The number of rotatable bonds is 4. The molecule has 21 heavy (non-hydrogen) atoms. The van der Waals surface area contributed by atoms with Gasteiger partial charge in [-0.25, -0.2) is 0 Å². The van der Waals surface area contributed by atoms with E-state index in [1.54, 1.807) is 21.3 Å². The van der Waals surface area contributed by atoms with Gasteiger partial charge in [0.25, 0.3) is 5.91 Å². The average Bonchev–Trinajstić information content (AvgIpc) is 2.54. The number of carbonyl (C=O) groups excluding carboxylic acids is 1. The molecule has 1 amide bonds. The number of aryl methyl sites for hydroxylation is 1. The predicted molar refractivity (Wildman–Crippen MR) is 79.6 cm³/mol. The van der Waals surface area contributed by atoms with Crippen LogP contribution in [0, 0.1) is 6.92 Å². The predicted octanol–water partition coefficient (Wildman–Crippen LogP) is 2.23. The third-order valence-electron chi connectivity index (χ3n) is 4.20. The summed E-state index contributed by atoms with van der Waals surface area (Å²) < 4.78 is 16.1. The van der Waals surface area contributed by atoms with Gasteiger partial charge in [-0.1, -0.05) is 0 Å². The topological polar surface area (TPSA) is 48.0 Å². The smallest absolute Gasteiger partial charge is 0.253 e. The lowest BCUT2D eigenvalue weighted by Gasteiger charge is -2.39. The highest BCUT2D eigenvalue weighted by molar-refractivity contribution is 5.94. The van der Waals surface area contributed by atoms with Crippen LogP contribution >= 0.6 is 0 Å². The van der Waals surface area contributed by atoms with Gasteiger partial charge in [0.15, 0.2) is 5.79 Å². The van der Waals surface area contributed by atoms with Crippen molar-refractivity contribution in [1.82, 2.24) is 4.90 Å². The van der Waals surface area contributed by atoms with E-state index in [1.165, 1.54) is 0 Å². The fourth-order valence-corrected chi connectivity index (χ4v) is 2.74. The van der Waals surface area contributed by atoms with E-state index < -0.39 is 5.79 Å². The van der Waals surface area contributed by atoms with Crippen LogP contribution < -0.4 is 4.74 Å². The van der Waals surface area contributed by atoms with Crippen LogP contribution in [0.15, 0.2) is 18.2 Å². The van der Waals surface area contributed by atoms with Gasteiger partial charge in [-0.05, 0) is 30.7 Å². The maximum absolute atomic E-state index is 12.5. The number of ether oxygens (including phenoxy) is 3. The largest absolute Gasteiger partial charge is 0.496 e. The minimum atomic E-state index is -0.549. The van der Waals surface area contributed by atoms with Crippen LogP contribution in [0.4, 0.5) is 0 Å². The Labute approximate surface area is 125 Å². The van der Waals surface area contributed by atoms with Crippen molar-refractivity contribution in [3.8, 4) is 5.75 Å². The number of amides is 1. The Morgan fingerprint density at radius 3 is 2.24 bits per heavy atom. The Bertz CT molecular complexity index is 501. The van der Waals surface area contributed by atoms with Gasteiger partial charge >= 0.3 is 0 Å². The lowest BCUT2D eigenvalue weighted by atomic mass is 10.0. The molecule has 1 aliphatic rings. The first kappa shape index (κ1) is 15.8. The van der Waals surface area contributed by atoms with Crippen LogP contribution in [0.1, 0.15) is 28.8 Å². The van der Waals surface area contributed by atoms with Crippen LogP contribution in [0.5, 0.6) is 5.75 Å². The molecule has 5 heteroatoms. The van der Waals surface area contributed by atoms with Crippen molar-refractivity contribution in [1.29, 1.82) is 0 Å². The zero-order valence-electron chi connectivity index (χ0n) is 13.1. The van der Waals surface area contributed by atoms with Gasteiger partial charge in [0.2, 0.25) is 0 Å². The molecule has 0 atom stereocenters. The molecule has 1 aromatic rings. The molecule has 1 aliphatic heterocycles. The molecule has 1 saturated heterocycles. The Balaban J connectivity index is 2.07. The first-order chi connectivity index (χ1) is 10.0. The van der Waals surface area contributed by atoms with E-state index in [-0.39, 0.29) is 5.91 Å². The molecule has 0 aromatic heterocycles. The van der Waals surface area contributed by atoms with Gasteiger partial charge in [-0.3, -0.25) is 4.79 Å². The lowest BCUT2D eigenvalue weighted by molar-refractivity contribution is -0.226. The van der Waals surface area contributed by atoms with E-state index in [4.69, 9.17) is 14.2 Å². The highest BCUT2D eigenvalue weighted by Crippen LogP contribution is 2.27. The number of hydrogen-bond donors (Lipinski definition) is 0. The molecule has 0 spiro atoms. The fourth-order valence-electron chi connectivity index (χ4n) is 2.74. The maximum Gasteiger partial charge on any atom is 0.253 e. The minimum Gasteiger partial charge on any atom is -0.496 e. The molecule has 0 saturated carbocycles. The molecule has 5 nitrogen and oxygen atoms in total. The maximum atomic E-state index is 12.5. The minimum absolute atomic E-state index is 0.0431. The molecule has 116 valence electrons. The quantitative estimate of drug-likeness (QED) is 0.799. The van der Waals surface area contributed by atoms with E-state index in [0.29, 0.717) is 31.5 Å². The lowest BCUT2D eigenvalue weighted by Crippen LogP contribution is -2.48. The summed E-state index contributed by atoms with van der Waals surface area (Å²) in [5, 5.41) is 0. The Morgan fingerprint density at radius 2 is 1.76 bits per heavy atom. The number of methoxy groups -OCH3 is 3. The molecule has 0 bridgehead atoms. The molecule has 1 heterocycles. The number of carbonyl (C=O) groups is 1. The summed E-state index contributed by atoms with van der Waals surface area (Å²) in [7, 11) is 4.92. The first-order valence-electron chi connectivity index (χ1n) is 7.09. The zero-order valence-corrected chi connectivity index (χ0v) is 13.1. The molecule has 1 fully saturated rings. The average molecular weight is 293 g/mol. The molecule has 0 radical (unpaired) electrons. The molecule has 0 aliphatic carbocycles. The van der Waals surface area contributed by atoms with Gasteiger partial charge in [-0.2, -0.15) is 0 Å². The summed E-state index contributed by atoms with van der Waals surface area (Å²) >= 11 is 0. The van der Waals surface area contributed by atoms with Crippen LogP contribution in [-0.2, 0) is 9.47 Å². The third kappa shape index (κ3) is 3.19. The van der Waals surface area contributed by atoms with Crippen molar-refractivity contribution in [2.45, 2.75) is 25.6 Å². The van der Waals surface area contributed by atoms with Crippen molar-refractivity contribution >= 4 is 5.91 Å². The van der Waals surface area contributed by atoms with E-state index >= 15 is 0 Å². The SMILES string of the molecule is COc1ccc(C(=O)N2CCC(OC)(OC)CC2)cc1C. The zero-order chi connectivity index (χ0) is 15.5. The number of likely N-dealkylation sites (tertiary alicyclic amines) is 1. The highest BCUT2D eigenvalue weighted by atomic mass is 16.7. The van der Waals surface area contributed by atoms with E-state index in [2.05, 4.69) is 0 Å². The number of benzene rings is 1. The van der Waals surface area contributed by atoms with Crippen molar-refractivity contribution < 1.29 is 19.0 Å². The summed E-state index contributed by atoms with van der Waals surface area (Å²) in [6.07, 6.45) is 1.36. The van der Waals surface area contributed by atoms with Crippen molar-refractivity contribution in [2.75, 3.05) is 34.4 Å². The van der Waals surface area contributed by atoms with Crippen LogP contribution in [0.3, 0.4) is 0 Å². The van der Waals surface area contributed by atoms with Crippen LogP contribution in [-0.4, -0.2) is 51.0 Å². The van der Waals surface area contributed by atoms with Crippen molar-refractivity contribution in [3.63, 3.8) is 0 Å². The second-order valence-electron chi connectivity index (χ2n) is 5.30. The second kappa shape index (κ2) is 6.45. The number of piperidine rings is 1. The van der Waals surface area contributed by atoms with Gasteiger partial charge < -0.3 is 19.1 Å². The van der Waals surface area contributed by atoms with E-state index in [9.17, 15) is 4.79 Å². The summed E-state index contributed by atoms with van der Waals surface area (Å²) in [5.41, 5.74) is 1.65. The molecule has 0 unspecified atom stereocenters. The molecule has 0 N–H and O–H groups in total. The highest BCUT2D eigenvalue weighted by Gasteiger charge is 2.36. The van der Waals surface area contributed by atoms with Gasteiger partial charge in [0.05, 0.1) is 7.11 Å². The number of nitrogens with zero attached hydrogens (tertiary/aromatic N) is 1. The summed E-state index contributed by atoms with van der Waals surface area (Å²) in [6, 6.07) is 5.51. The molecular formula is C16H23NO4. The number of hydrogen-bond acceptors (Lipinski definition) is 4. The van der Waals surface area contributed by atoms with Crippen molar-refractivity contribution in [3.05, 3.63) is 29.3 Å². The van der Waals surface area contributed by atoms with Crippen molar-refractivity contribution in [2.24, 2.45) is 0 Å². The third-order valence-corrected chi connectivity index (χ3v) is 4.20. The Morgan fingerprint density at radius 1 is 1.14 bits per heavy atom. The van der Waals surface area contributed by atoms with Crippen LogP contribution in [0.2, 0.25) is 0 Å².